The van der Waals surface area contributed by atoms with Crippen molar-refractivity contribution in [2.24, 2.45) is 0 Å². The first-order valence-electron chi connectivity index (χ1n) is 4.43. The fourth-order valence-electron chi connectivity index (χ4n) is 1.29. The maximum atomic E-state index is 13.3. The highest BCUT2D eigenvalue weighted by molar-refractivity contribution is 9.12. The van der Waals surface area contributed by atoms with Crippen LogP contribution in [-0.4, -0.2) is 5.78 Å². The number of hydrogen-bond acceptors (Lipinski definition) is 2. The molecule has 0 spiro atoms. The van der Waals surface area contributed by atoms with Crippen LogP contribution >= 0.6 is 54.8 Å². The summed E-state index contributed by atoms with van der Waals surface area (Å²) in [7, 11) is 0. The minimum atomic E-state index is -0.595. The van der Waals surface area contributed by atoms with Gasteiger partial charge in [0.1, 0.15) is 5.82 Å². The Labute approximate surface area is 123 Å². The van der Waals surface area contributed by atoms with Gasteiger partial charge in [-0.3, -0.25) is 4.79 Å². The molecule has 2 aromatic rings. The maximum absolute atomic E-state index is 13.3. The second kappa shape index (κ2) is 5.18. The molecule has 0 atom stereocenters. The van der Waals surface area contributed by atoms with E-state index < -0.39 is 5.82 Å². The van der Waals surface area contributed by atoms with Gasteiger partial charge in [-0.15, -0.1) is 11.3 Å². The van der Waals surface area contributed by atoms with Gasteiger partial charge >= 0.3 is 0 Å². The summed E-state index contributed by atoms with van der Waals surface area (Å²) >= 11 is 13.5. The van der Waals surface area contributed by atoms with Crippen LogP contribution in [0.2, 0.25) is 5.02 Å². The molecule has 1 heterocycles. The van der Waals surface area contributed by atoms with E-state index in [9.17, 15) is 9.18 Å². The summed E-state index contributed by atoms with van der Waals surface area (Å²) in [5, 5.41) is 0.00659. The Hall–Kier alpha value is -0.230. The lowest BCUT2D eigenvalue weighted by Crippen LogP contribution is -2.01. The van der Waals surface area contributed by atoms with Gasteiger partial charge in [-0.05, 0) is 56.1 Å². The molecule has 0 fully saturated rings. The van der Waals surface area contributed by atoms with Crippen LogP contribution in [0.5, 0.6) is 0 Å². The Morgan fingerprint density at radius 2 is 2.00 bits per heavy atom. The van der Waals surface area contributed by atoms with Gasteiger partial charge in [0.15, 0.2) is 5.78 Å². The van der Waals surface area contributed by atoms with E-state index in [2.05, 4.69) is 31.9 Å². The fourth-order valence-corrected chi connectivity index (χ4v) is 4.20. The molecular formula is C11H4Br2ClFOS. The molecule has 0 unspecified atom stereocenters. The van der Waals surface area contributed by atoms with Gasteiger partial charge in [-0.2, -0.15) is 0 Å². The van der Waals surface area contributed by atoms with E-state index in [1.54, 1.807) is 6.07 Å². The summed E-state index contributed by atoms with van der Waals surface area (Å²) in [4.78, 5) is 12.1. The molecule has 1 nitrogen and oxygen atoms in total. The first-order valence-corrected chi connectivity index (χ1v) is 7.21. The minimum absolute atomic E-state index is 0.00659. The second-order valence-electron chi connectivity index (χ2n) is 3.20. The summed E-state index contributed by atoms with van der Waals surface area (Å²) < 4.78 is 14.8. The number of thiophene rings is 1. The van der Waals surface area contributed by atoms with E-state index in [0.29, 0.717) is 9.35 Å². The highest BCUT2D eigenvalue weighted by Gasteiger charge is 2.16. The van der Waals surface area contributed by atoms with Crippen molar-refractivity contribution in [3.8, 4) is 0 Å². The normalized spacial score (nSPS) is 10.6. The average molecular weight is 398 g/mol. The van der Waals surface area contributed by atoms with Crippen molar-refractivity contribution in [2.75, 3.05) is 0 Å². The zero-order valence-electron chi connectivity index (χ0n) is 8.14. The molecule has 88 valence electrons. The number of ketones is 1. The number of carbonyl (C=O) groups is 1. The quantitative estimate of drug-likeness (QED) is 0.628. The molecule has 6 heteroatoms. The predicted octanol–water partition coefficient (Wildman–Crippen LogP) is 5.30. The highest BCUT2D eigenvalue weighted by Crippen LogP contribution is 2.33. The molecule has 1 aromatic carbocycles. The molecule has 0 amide bonds. The van der Waals surface area contributed by atoms with E-state index in [1.165, 1.54) is 23.5 Å². The number of hydrogen-bond donors (Lipinski definition) is 0. The lowest BCUT2D eigenvalue weighted by Gasteiger charge is -2.00. The third-order valence-corrected chi connectivity index (χ3v) is 4.73. The van der Waals surface area contributed by atoms with Gasteiger partial charge in [-0.25, -0.2) is 4.39 Å². The monoisotopic (exact) mass is 396 g/mol. The van der Waals surface area contributed by atoms with Crippen molar-refractivity contribution in [3.63, 3.8) is 0 Å². The summed E-state index contributed by atoms with van der Waals surface area (Å²) in [5.41, 5.74) is 0.779. The lowest BCUT2D eigenvalue weighted by atomic mass is 10.1. The average Bonchev–Trinajstić information content (AvgIpc) is 2.61. The van der Waals surface area contributed by atoms with E-state index in [0.717, 1.165) is 9.85 Å². The smallest absolute Gasteiger partial charge is 0.195 e. The molecule has 0 N–H and O–H groups in total. The van der Waals surface area contributed by atoms with Crippen LogP contribution < -0.4 is 0 Å². The lowest BCUT2D eigenvalue weighted by molar-refractivity contribution is 0.103. The third kappa shape index (κ3) is 2.78. The predicted molar refractivity (Wildman–Crippen MR) is 74.6 cm³/mol. The highest BCUT2D eigenvalue weighted by atomic mass is 79.9. The number of halogens is 4. The van der Waals surface area contributed by atoms with Crippen LogP contribution in [0.1, 0.15) is 15.9 Å². The second-order valence-corrected chi connectivity index (χ2v) is 7.35. The Balaban J connectivity index is 2.44. The van der Waals surface area contributed by atoms with Crippen molar-refractivity contribution in [1.29, 1.82) is 0 Å². The Kier molecular flexibility index (Phi) is 4.02. The number of carbonyl (C=O) groups excluding carboxylic acids is 1. The molecule has 0 saturated heterocycles. The fraction of sp³-hybridized carbons (Fsp3) is 0. The zero-order valence-corrected chi connectivity index (χ0v) is 12.9. The van der Waals surface area contributed by atoms with Gasteiger partial charge in [0.05, 0.1) is 12.6 Å². The third-order valence-electron chi connectivity index (χ3n) is 2.08. The van der Waals surface area contributed by atoms with Crippen molar-refractivity contribution in [3.05, 3.63) is 53.8 Å². The molecule has 0 aliphatic heterocycles. The van der Waals surface area contributed by atoms with E-state index in [-0.39, 0.29) is 16.4 Å². The molecule has 0 bridgehead atoms. The van der Waals surface area contributed by atoms with E-state index >= 15 is 0 Å². The molecule has 0 aliphatic rings. The number of benzene rings is 1. The molecule has 0 saturated carbocycles. The molecule has 1 aromatic heterocycles. The van der Waals surface area contributed by atoms with Crippen molar-refractivity contribution >= 4 is 60.6 Å². The molecule has 0 radical (unpaired) electrons. The van der Waals surface area contributed by atoms with Crippen LogP contribution in [0.25, 0.3) is 0 Å². The Morgan fingerprint density at radius 1 is 1.29 bits per heavy atom. The Morgan fingerprint density at radius 3 is 2.53 bits per heavy atom. The topological polar surface area (TPSA) is 17.1 Å². The molecular weight excluding hydrogens is 394 g/mol. The van der Waals surface area contributed by atoms with Crippen molar-refractivity contribution in [2.45, 2.75) is 0 Å². The van der Waals surface area contributed by atoms with Crippen LogP contribution in [0.4, 0.5) is 4.39 Å². The minimum Gasteiger partial charge on any atom is -0.289 e. The van der Waals surface area contributed by atoms with Crippen LogP contribution in [0.3, 0.4) is 0 Å². The maximum Gasteiger partial charge on any atom is 0.195 e. The van der Waals surface area contributed by atoms with Gasteiger partial charge < -0.3 is 0 Å². The van der Waals surface area contributed by atoms with Crippen molar-refractivity contribution in [1.82, 2.24) is 0 Å². The molecule has 0 aliphatic carbocycles. The number of rotatable bonds is 2. The first kappa shape index (κ1) is 13.2. The van der Waals surface area contributed by atoms with E-state index in [1.807, 2.05) is 0 Å². The molecule has 2 rings (SSSR count). The standard InChI is InChI=1S/C11H4Br2ClFOS/c12-9-4-6(11(13)17-9)10(16)5-1-2-7(14)8(15)3-5/h1-4H. The Bertz CT molecular complexity index is 597. The van der Waals surface area contributed by atoms with Crippen LogP contribution in [0.15, 0.2) is 31.8 Å². The first-order chi connectivity index (χ1) is 7.99. The molecule has 17 heavy (non-hydrogen) atoms. The van der Waals surface area contributed by atoms with Crippen molar-refractivity contribution < 1.29 is 9.18 Å². The van der Waals surface area contributed by atoms with Gasteiger partial charge in [0, 0.05) is 11.1 Å². The van der Waals surface area contributed by atoms with E-state index in [4.69, 9.17) is 11.6 Å². The summed E-state index contributed by atoms with van der Waals surface area (Å²) in [6.07, 6.45) is 0. The SMILES string of the molecule is O=C(c1ccc(Cl)c(F)c1)c1cc(Br)sc1Br. The van der Waals surface area contributed by atoms with Gasteiger partial charge in [-0.1, -0.05) is 11.6 Å². The zero-order chi connectivity index (χ0) is 12.6. The van der Waals surface area contributed by atoms with Gasteiger partial charge in [0.25, 0.3) is 0 Å². The largest absolute Gasteiger partial charge is 0.289 e. The van der Waals surface area contributed by atoms with Crippen LogP contribution in [0, 0.1) is 5.82 Å². The summed E-state index contributed by atoms with van der Waals surface area (Å²) in [5.74, 6) is -0.836. The van der Waals surface area contributed by atoms with Gasteiger partial charge in [0.2, 0.25) is 0 Å². The summed E-state index contributed by atoms with van der Waals surface area (Å²) in [6.45, 7) is 0. The summed E-state index contributed by atoms with van der Waals surface area (Å²) in [6, 6.07) is 5.72. The van der Waals surface area contributed by atoms with Crippen LogP contribution in [-0.2, 0) is 0 Å².